The van der Waals surface area contributed by atoms with Crippen molar-refractivity contribution in [2.75, 3.05) is 0 Å². The van der Waals surface area contributed by atoms with E-state index in [1.54, 1.807) is 12.1 Å². The first-order chi connectivity index (χ1) is 11.6. The van der Waals surface area contributed by atoms with Gasteiger partial charge < -0.3 is 5.73 Å². The van der Waals surface area contributed by atoms with Gasteiger partial charge in [-0.25, -0.2) is 0 Å². The van der Waals surface area contributed by atoms with Crippen molar-refractivity contribution >= 4 is 11.6 Å². The third-order valence-corrected chi connectivity index (χ3v) is 5.28. The van der Waals surface area contributed by atoms with Crippen molar-refractivity contribution in [3.8, 4) is 18.2 Å². The minimum Gasteiger partial charge on any atom is -0.399 e. The maximum atomic E-state index is 9.86. The predicted octanol–water partition coefficient (Wildman–Crippen LogP) is 3.93. The molecule has 0 fully saturated rings. The molecule has 1 aromatic carbocycles. The molecule has 0 heterocycles. The number of allylic oxidation sites excluding steroid dienone is 4. The van der Waals surface area contributed by atoms with Crippen LogP contribution in [0.25, 0.3) is 0 Å². The van der Waals surface area contributed by atoms with Crippen molar-refractivity contribution in [2.45, 2.75) is 25.2 Å². The maximum Gasteiger partial charge on any atom is 0.191 e. The lowest BCUT2D eigenvalue weighted by molar-refractivity contribution is 0.317. The molecule has 2 N–H and O–H groups in total. The van der Waals surface area contributed by atoms with E-state index in [-0.39, 0.29) is 11.6 Å². The average Bonchev–Trinajstić information content (AvgIpc) is 2.62. The Bertz CT molecular complexity index is 845. The molecule has 2 aliphatic carbocycles. The zero-order valence-electron chi connectivity index (χ0n) is 13.0. The highest BCUT2D eigenvalue weighted by Gasteiger charge is 2.53. The van der Waals surface area contributed by atoms with Crippen LogP contribution in [0, 0.1) is 45.3 Å². The van der Waals surface area contributed by atoms with Gasteiger partial charge in [0.15, 0.2) is 5.41 Å². The lowest BCUT2D eigenvalue weighted by Gasteiger charge is -2.43. The molecule has 5 heteroatoms. The number of rotatable bonds is 1. The van der Waals surface area contributed by atoms with E-state index in [1.807, 2.05) is 18.2 Å². The molecule has 3 rings (SSSR count). The van der Waals surface area contributed by atoms with Crippen LogP contribution in [0.5, 0.6) is 0 Å². The molecular weight excluding hydrogens is 320 g/mol. The molecule has 2 unspecified atom stereocenters. The van der Waals surface area contributed by atoms with Gasteiger partial charge >= 0.3 is 0 Å². The fraction of sp³-hybridized carbons (Fsp3) is 0.316. The van der Waals surface area contributed by atoms with Gasteiger partial charge in [0.05, 0.1) is 23.4 Å². The highest BCUT2D eigenvalue weighted by Crippen LogP contribution is 2.55. The number of halogens is 1. The largest absolute Gasteiger partial charge is 0.399 e. The van der Waals surface area contributed by atoms with Gasteiger partial charge in [0.1, 0.15) is 6.07 Å². The molecule has 0 bridgehead atoms. The second-order valence-electron chi connectivity index (χ2n) is 6.16. The fourth-order valence-corrected chi connectivity index (χ4v) is 4.05. The Morgan fingerprint density at radius 2 is 1.79 bits per heavy atom. The van der Waals surface area contributed by atoms with Crippen LogP contribution in [0.3, 0.4) is 0 Å². The van der Waals surface area contributed by atoms with Crippen LogP contribution in [0.15, 0.2) is 47.2 Å². The zero-order valence-corrected chi connectivity index (χ0v) is 13.7. The predicted molar refractivity (Wildman–Crippen MR) is 90.1 cm³/mol. The van der Waals surface area contributed by atoms with Gasteiger partial charge in [0, 0.05) is 10.9 Å². The van der Waals surface area contributed by atoms with E-state index in [4.69, 9.17) is 17.3 Å². The van der Waals surface area contributed by atoms with Crippen LogP contribution < -0.4 is 5.73 Å². The van der Waals surface area contributed by atoms with Gasteiger partial charge in [-0.05, 0) is 48.4 Å². The van der Waals surface area contributed by atoms with Crippen molar-refractivity contribution in [2.24, 2.45) is 17.1 Å². The molecule has 0 amide bonds. The summed E-state index contributed by atoms with van der Waals surface area (Å²) in [6.07, 6.45) is 4.69. The van der Waals surface area contributed by atoms with Crippen molar-refractivity contribution in [1.29, 1.82) is 15.8 Å². The second kappa shape index (κ2) is 6.04. The average molecular weight is 335 g/mol. The van der Waals surface area contributed by atoms with Crippen LogP contribution in [-0.4, -0.2) is 0 Å². The standard InChI is InChI=1S/C19H15ClN4/c20-13-7-5-12(6-8-13)17-15-4-2-1-3-14(15)16(9-21)18(24)19(17,10-22)11-23/h3,5-8,15,17H,1-2,4,24H2. The summed E-state index contributed by atoms with van der Waals surface area (Å²) in [7, 11) is 0. The zero-order chi connectivity index (χ0) is 17.3. The highest BCUT2D eigenvalue weighted by molar-refractivity contribution is 6.30. The molecule has 0 spiro atoms. The highest BCUT2D eigenvalue weighted by atomic mass is 35.5. The van der Waals surface area contributed by atoms with E-state index in [1.165, 1.54) is 0 Å². The lowest BCUT2D eigenvalue weighted by atomic mass is 9.57. The lowest BCUT2D eigenvalue weighted by Crippen LogP contribution is -2.42. The SMILES string of the molecule is N#CC1=C(N)C(C#N)(C#N)C(c2ccc(Cl)cc2)C2CCCC=C12. The molecule has 0 aliphatic heterocycles. The first-order valence-electron chi connectivity index (χ1n) is 7.77. The van der Waals surface area contributed by atoms with Crippen LogP contribution in [-0.2, 0) is 0 Å². The first kappa shape index (κ1) is 16.1. The molecule has 2 atom stereocenters. The number of nitrogens with two attached hydrogens (primary N) is 1. The number of benzene rings is 1. The van der Waals surface area contributed by atoms with Gasteiger partial charge in [-0.3, -0.25) is 0 Å². The van der Waals surface area contributed by atoms with Crippen LogP contribution >= 0.6 is 11.6 Å². The summed E-state index contributed by atoms with van der Waals surface area (Å²) in [5.41, 5.74) is 6.75. The van der Waals surface area contributed by atoms with E-state index in [0.717, 1.165) is 30.4 Å². The van der Waals surface area contributed by atoms with Gasteiger partial charge in [-0.2, -0.15) is 15.8 Å². The maximum absolute atomic E-state index is 9.86. The van der Waals surface area contributed by atoms with E-state index < -0.39 is 11.3 Å². The van der Waals surface area contributed by atoms with E-state index in [2.05, 4.69) is 18.2 Å². The molecule has 0 saturated heterocycles. The molecular formula is C19H15ClN4. The quantitative estimate of drug-likeness (QED) is 0.841. The summed E-state index contributed by atoms with van der Waals surface area (Å²) < 4.78 is 0. The summed E-state index contributed by atoms with van der Waals surface area (Å²) in [5, 5.41) is 29.9. The molecule has 4 nitrogen and oxygen atoms in total. The molecule has 1 aromatic rings. The number of nitriles is 3. The van der Waals surface area contributed by atoms with E-state index in [9.17, 15) is 15.8 Å². The third kappa shape index (κ3) is 2.18. The molecule has 118 valence electrons. The smallest absolute Gasteiger partial charge is 0.191 e. The van der Waals surface area contributed by atoms with Crippen molar-refractivity contribution in [3.63, 3.8) is 0 Å². The fourth-order valence-electron chi connectivity index (χ4n) is 3.92. The Kier molecular flexibility index (Phi) is 4.06. The van der Waals surface area contributed by atoms with Gasteiger partial charge in [0.25, 0.3) is 0 Å². The van der Waals surface area contributed by atoms with E-state index in [0.29, 0.717) is 10.6 Å². The van der Waals surface area contributed by atoms with Crippen LogP contribution in [0.1, 0.15) is 30.7 Å². The minimum atomic E-state index is -1.54. The molecule has 0 aromatic heterocycles. The number of fused-ring (bicyclic) bond motifs is 1. The molecule has 0 radical (unpaired) electrons. The number of hydrogen-bond donors (Lipinski definition) is 1. The monoisotopic (exact) mass is 334 g/mol. The normalized spacial score (nSPS) is 24.8. The number of hydrogen-bond acceptors (Lipinski definition) is 4. The summed E-state index contributed by atoms with van der Waals surface area (Å²) in [4.78, 5) is 0. The van der Waals surface area contributed by atoms with Gasteiger partial charge in [0.2, 0.25) is 0 Å². The summed E-state index contributed by atoms with van der Waals surface area (Å²) in [5.74, 6) is -0.477. The minimum absolute atomic E-state index is 0.0684. The Morgan fingerprint density at radius 1 is 1.12 bits per heavy atom. The topological polar surface area (TPSA) is 97.4 Å². The number of nitrogens with zero attached hydrogens (tertiary/aromatic N) is 3. The van der Waals surface area contributed by atoms with Crippen molar-refractivity contribution in [1.82, 2.24) is 0 Å². The van der Waals surface area contributed by atoms with Gasteiger partial charge in [-0.1, -0.05) is 29.8 Å². The Hall–Kier alpha value is -2.74. The first-order valence-corrected chi connectivity index (χ1v) is 8.15. The second-order valence-corrected chi connectivity index (χ2v) is 6.59. The summed E-state index contributed by atoms with van der Waals surface area (Å²) >= 11 is 5.98. The van der Waals surface area contributed by atoms with Crippen molar-refractivity contribution in [3.05, 3.63) is 57.8 Å². The van der Waals surface area contributed by atoms with Crippen molar-refractivity contribution < 1.29 is 0 Å². The summed E-state index contributed by atoms with van der Waals surface area (Å²) in [6.45, 7) is 0. The van der Waals surface area contributed by atoms with Crippen LogP contribution in [0.2, 0.25) is 5.02 Å². The Morgan fingerprint density at radius 3 is 2.38 bits per heavy atom. The Balaban J connectivity index is 2.31. The molecule has 24 heavy (non-hydrogen) atoms. The van der Waals surface area contributed by atoms with Gasteiger partial charge in [-0.15, -0.1) is 0 Å². The molecule has 2 aliphatic rings. The van der Waals surface area contributed by atoms with E-state index >= 15 is 0 Å². The third-order valence-electron chi connectivity index (χ3n) is 5.03. The summed E-state index contributed by atoms with van der Waals surface area (Å²) in [6, 6.07) is 13.6. The molecule has 0 saturated carbocycles. The van der Waals surface area contributed by atoms with Crippen LogP contribution in [0.4, 0.5) is 0 Å². The Labute approximate surface area is 146 Å².